The van der Waals surface area contributed by atoms with Crippen LogP contribution in [0.15, 0.2) is 24.3 Å². The van der Waals surface area contributed by atoms with Crippen molar-refractivity contribution >= 4 is 17.8 Å². The standard InChI is InChI=1S/C17H20O5/c1-20-13-9-12(10-14(11-13)21-2)7-8-17(19)22-16-6-4-3-5-15(16)18/h7-11,16H,3-6H2,1-2H3/b8-7+/t16-/m0/s1. The van der Waals surface area contributed by atoms with E-state index in [2.05, 4.69) is 0 Å². The van der Waals surface area contributed by atoms with Crippen LogP contribution in [0.5, 0.6) is 11.5 Å². The van der Waals surface area contributed by atoms with Crippen molar-refractivity contribution in [3.8, 4) is 11.5 Å². The summed E-state index contributed by atoms with van der Waals surface area (Å²) in [6, 6.07) is 5.30. The third-order valence-electron chi connectivity index (χ3n) is 3.54. The molecule has 1 fully saturated rings. The number of benzene rings is 1. The molecule has 0 radical (unpaired) electrons. The van der Waals surface area contributed by atoms with E-state index in [0.29, 0.717) is 24.3 Å². The Morgan fingerprint density at radius 1 is 1.14 bits per heavy atom. The molecule has 2 rings (SSSR count). The number of Topliss-reactive ketones (excluding diaryl/α,β-unsaturated/α-hetero) is 1. The van der Waals surface area contributed by atoms with Gasteiger partial charge in [0, 0.05) is 18.6 Å². The number of rotatable bonds is 5. The molecule has 1 saturated carbocycles. The molecule has 0 bridgehead atoms. The highest BCUT2D eigenvalue weighted by Crippen LogP contribution is 2.23. The maximum absolute atomic E-state index is 11.8. The maximum Gasteiger partial charge on any atom is 0.331 e. The van der Waals surface area contributed by atoms with E-state index in [1.54, 1.807) is 38.5 Å². The highest BCUT2D eigenvalue weighted by Gasteiger charge is 2.24. The molecule has 5 nitrogen and oxygen atoms in total. The predicted octanol–water partition coefficient (Wildman–Crippen LogP) is 2.77. The summed E-state index contributed by atoms with van der Waals surface area (Å²) < 4.78 is 15.5. The van der Waals surface area contributed by atoms with Gasteiger partial charge in [-0.1, -0.05) is 0 Å². The third kappa shape index (κ3) is 4.35. The zero-order valence-corrected chi connectivity index (χ0v) is 12.8. The Kier molecular flexibility index (Phi) is 5.58. The smallest absolute Gasteiger partial charge is 0.331 e. The SMILES string of the molecule is COc1cc(/C=C/C(=O)O[C@H]2CCCCC2=O)cc(OC)c1. The third-order valence-corrected chi connectivity index (χ3v) is 3.54. The van der Waals surface area contributed by atoms with E-state index in [1.807, 2.05) is 0 Å². The van der Waals surface area contributed by atoms with Gasteiger partial charge in [0.05, 0.1) is 14.2 Å². The highest BCUT2D eigenvalue weighted by molar-refractivity contribution is 5.91. The minimum absolute atomic E-state index is 0.0102. The van der Waals surface area contributed by atoms with E-state index in [1.165, 1.54) is 6.08 Å². The molecule has 0 spiro atoms. The lowest BCUT2D eigenvalue weighted by atomic mass is 9.96. The van der Waals surface area contributed by atoms with Crippen LogP contribution in [-0.2, 0) is 14.3 Å². The van der Waals surface area contributed by atoms with Crippen LogP contribution in [0, 0.1) is 0 Å². The van der Waals surface area contributed by atoms with E-state index in [-0.39, 0.29) is 5.78 Å². The van der Waals surface area contributed by atoms with Gasteiger partial charge in [-0.25, -0.2) is 4.79 Å². The van der Waals surface area contributed by atoms with Gasteiger partial charge in [-0.2, -0.15) is 0 Å². The van der Waals surface area contributed by atoms with Gasteiger partial charge in [0.15, 0.2) is 11.9 Å². The van der Waals surface area contributed by atoms with Crippen LogP contribution in [0.4, 0.5) is 0 Å². The van der Waals surface area contributed by atoms with Gasteiger partial charge in [0.1, 0.15) is 11.5 Å². The summed E-state index contributed by atoms with van der Waals surface area (Å²) in [4.78, 5) is 23.5. The zero-order chi connectivity index (χ0) is 15.9. The first kappa shape index (κ1) is 16.1. The number of methoxy groups -OCH3 is 2. The first-order valence-corrected chi connectivity index (χ1v) is 7.27. The summed E-state index contributed by atoms with van der Waals surface area (Å²) in [6.07, 6.45) is 5.25. The quantitative estimate of drug-likeness (QED) is 0.618. The number of esters is 1. The van der Waals surface area contributed by atoms with E-state index in [0.717, 1.165) is 18.4 Å². The van der Waals surface area contributed by atoms with Crippen molar-refractivity contribution in [3.05, 3.63) is 29.8 Å². The fourth-order valence-electron chi connectivity index (χ4n) is 2.35. The fourth-order valence-corrected chi connectivity index (χ4v) is 2.35. The van der Waals surface area contributed by atoms with Crippen LogP contribution in [0.1, 0.15) is 31.2 Å². The van der Waals surface area contributed by atoms with Crippen LogP contribution < -0.4 is 9.47 Å². The lowest BCUT2D eigenvalue weighted by Gasteiger charge is -2.19. The van der Waals surface area contributed by atoms with Crippen molar-refractivity contribution in [1.82, 2.24) is 0 Å². The number of carbonyl (C=O) groups excluding carboxylic acids is 2. The van der Waals surface area contributed by atoms with Gasteiger partial charge in [-0.05, 0) is 43.0 Å². The van der Waals surface area contributed by atoms with Gasteiger partial charge in [0.25, 0.3) is 0 Å². The molecule has 1 aliphatic carbocycles. The van der Waals surface area contributed by atoms with E-state index < -0.39 is 12.1 Å². The summed E-state index contributed by atoms with van der Waals surface area (Å²) in [5, 5.41) is 0. The number of ketones is 1. The van der Waals surface area contributed by atoms with Crippen LogP contribution in [0.25, 0.3) is 6.08 Å². The Bertz CT molecular complexity index is 554. The summed E-state index contributed by atoms with van der Waals surface area (Å²) in [7, 11) is 3.12. The van der Waals surface area contributed by atoms with Gasteiger partial charge in [0.2, 0.25) is 0 Å². The summed E-state index contributed by atoms with van der Waals surface area (Å²) in [6.45, 7) is 0. The molecule has 1 aromatic rings. The van der Waals surface area contributed by atoms with E-state index >= 15 is 0 Å². The van der Waals surface area contributed by atoms with Crippen LogP contribution in [0.2, 0.25) is 0 Å². The second-order valence-corrected chi connectivity index (χ2v) is 5.12. The molecule has 0 aliphatic heterocycles. The molecule has 0 amide bonds. The fraction of sp³-hybridized carbons (Fsp3) is 0.412. The molecular weight excluding hydrogens is 284 g/mol. The van der Waals surface area contributed by atoms with Crippen LogP contribution in [-0.4, -0.2) is 32.1 Å². The van der Waals surface area contributed by atoms with Crippen molar-refractivity contribution in [1.29, 1.82) is 0 Å². The van der Waals surface area contributed by atoms with E-state index in [4.69, 9.17) is 14.2 Å². The average Bonchev–Trinajstić information content (AvgIpc) is 2.54. The second-order valence-electron chi connectivity index (χ2n) is 5.12. The molecule has 1 aliphatic rings. The number of hydrogen-bond acceptors (Lipinski definition) is 5. The predicted molar refractivity (Wildman–Crippen MR) is 81.9 cm³/mol. The topological polar surface area (TPSA) is 61.8 Å². The first-order valence-electron chi connectivity index (χ1n) is 7.27. The summed E-state index contributed by atoms with van der Waals surface area (Å²) in [5.74, 6) is 0.766. The minimum atomic E-state index is -0.592. The van der Waals surface area contributed by atoms with Gasteiger partial charge in [-0.3, -0.25) is 4.79 Å². The van der Waals surface area contributed by atoms with Crippen molar-refractivity contribution in [2.45, 2.75) is 31.8 Å². The molecule has 0 heterocycles. The largest absolute Gasteiger partial charge is 0.497 e. The normalized spacial score (nSPS) is 18.3. The van der Waals surface area contributed by atoms with E-state index in [9.17, 15) is 9.59 Å². The first-order chi connectivity index (χ1) is 10.6. The monoisotopic (exact) mass is 304 g/mol. The molecule has 1 aromatic carbocycles. The Hall–Kier alpha value is -2.30. The molecule has 118 valence electrons. The van der Waals surface area contributed by atoms with Crippen LogP contribution in [0.3, 0.4) is 0 Å². The average molecular weight is 304 g/mol. The van der Waals surface area contributed by atoms with Crippen molar-refractivity contribution in [2.75, 3.05) is 14.2 Å². The van der Waals surface area contributed by atoms with Crippen molar-refractivity contribution in [2.24, 2.45) is 0 Å². The maximum atomic E-state index is 11.8. The molecule has 1 atom stereocenters. The Labute approximate surface area is 129 Å². The molecule has 0 aromatic heterocycles. The summed E-state index contributed by atoms with van der Waals surface area (Å²) >= 11 is 0. The number of carbonyl (C=O) groups is 2. The molecule has 22 heavy (non-hydrogen) atoms. The van der Waals surface area contributed by atoms with Gasteiger partial charge < -0.3 is 14.2 Å². The van der Waals surface area contributed by atoms with Crippen molar-refractivity contribution < 1.29 is 23.8 Å². The Morgan fingerprint density at radius 3 is 2.41 bits per heavy atom. The number of ether oxygens (including phenoxy) is 3. The van der Waals surface area contributed by atoms with Crippen molar-refractivity contribution in [3.63, 3.8) is 0 Å². The Balaban J connectivity index is 2.01. The molecular formula is C17H20O5. The lowest BCUT2D eigenvalue weighted by Crippen LogP contribution is -2.29. The summed E-state index contributed by atoms with van der Waals surface area (Å²) in [5.41, 5.74) is 0.753. The van der Waals surface area contributed by atoms with Crippen LogP contribution >= 0.6 is 0 Å². The highest BCUT2D eigenvalue weighted by atomic mass is 16.5. The lowest BCUT2D eigenvalue weighted by molar-refractivity contribution is -0.152. The molecule has 0 saturated heterocycles. The minimum Gasteiger partial charge on any atom is -0.497 e. The molecule has 0 unspecified atom stereocenters. The second kappa shape index (κ2) is 7.64. The molecule has 5 heteroatoms. The van der Waals surface area contributed by atoms with Gasteiger partial charge in [-0.15, -0.1) is 0 Å². The van der Waals surface area contributed by atoms with Gasteiger partial charge >= 0.3 is 5.97 Å². The molecule has 0 N–H and O–H groups in total. The Morgan fingerprint density at radius 2 is 1.82 bits per heavy atom. The number of hydrogen-bond donors (Lipinski definition) is 0. The zero-order valence-electron chi connectivity index (χ0n) is 12.8.